The summed E-state index contributed by atoms with van der Waals surface area (Å²) in [6, 6.07) is 0. The van der Waals surface area contributed by atoms with Crippen LogP contribution in [-0.2, 0) is 19.0 Å². The standard InChI is InChI=1S/C21H38O4/c1-3-4-5-6-7-8-12-21(25-18-24-16-15-23-2)14-13-19-10-9-11-20(22)17-19/h17,21H,3-16,18H2,1-2H3/t21-/m0/s1. The zero-order valence-corrected chi connectivity index (χ0v) is 16.4. The molecule has 0 aromatic heterocycles. The van der Waals surface area contributed by atoms with Crippen LogP contribution in [0.1, 0.15) is 84.0 Å². The van der Waals surface area contributed by atoms with Crippen LogP contribution >= 0.6 is 0 Å². The molecule has 0 N–H and O–H groups in total. The summed E-state index contributed by atoms with van der Waals surface area (Å²) < 4.78 is 16.4. The van der Waals surface area contributed by atoms with Gasteiger partial charge in [0.1, 0.15) is 6.79 Å². The maximum absolute atomic E-state index is 11.5. The summed E-state index contributed by atoms with van der Waals surface area (Å²) in [7, 11) is 1.67. The van der Waals surface area contributed by atoms with Crippen LogP contribution in [0.3, 0.4) is 0 Å². The third-order valence-electron chi connectivity index (χ3n) is 4.77. The summed E-state index contributed by atoms with van der Waals surface area (Å²) in [6.07, 6.45) is 15.7. The Morgan fingerprint density at radius 1 is 1.04 bits per heavy atom. The lowest BCUT2D eigenvalue weighted by molar-refractivity contribution is -0.115. The quantitative estimate of drug-likeness (QED) is 0.282. The fourth-order valence-electron chi connectivity index (χ4n) is 3.21. The van der Waals surface area contributed by atoms with Crippen molar-refractivity contribution in [1.82, 2.24) is 0 Å². The fraction of sp³-hybridized carbons (Fsp3) is 0.857. The summed E-state index contributed by atoms with van der Waals surface area (Å²) in [5.74, 6) is 0.289. The number of rotatable bonds is 16. The molecule has 0 radical (unpaired) electrons. The monoisotopic (exact) mass is 354 g/mol. The van der Waals surface area contributed by atoms with Gasteiger partial charge in [0, 0.05) is 13.5 Å². The van der Waals surface area contributed by atoms with Crippen molar-refractivity contribution in [2.75, 3.05) is 27.1 Å². The Balaban J connectivity index is 2.26. The van der Waals surface area contributed by atoms with Gasteiger partial charge in [-0.1, -0.05) is 51.0 Å². The summed E-state index contributed by atoms with van der Waals surface area (Å²) in [6.45, 7) is 3.75. The lowest BCUT2D eigenvalue weighted by atomic mass is 9.93. The van der Waals surface area contributed by atoms with E-state index in [2.05, 4.69) is 6.92 Å². The highest BCUT2D eigenvalue weighted by Crippen LogP contribution is 2.23. The Morgan fingerprint density at radius 2 is 1.84 bits per heavy atom. The maximum atomic E-state index is 11.5. The molecule has 1 aliphatic rings. The van der Waals surface area contributed by atoms with E-state index < -0.39 is 0 Å². The Labute approximate surface area is 154 Å². The highest BCUT2D eigenvalue weighted by Gasteiger charge is 2.14. The highest BCUT2D eigenvalue weighted by atomic mass is 16.7. The van der Waals surface area contributed by atoms with Gasteiger partial charge in [-0.25, -0.2) is 0 Å². The number of carbonyl (C=O) groups is 1. The number of ether oxygens (including phenoxy) is 3. The topological polar surface area (TPSA) is 44.8 Å². The molecule has 0 fully saturated rings. The fourth-order valence-corrected chi connectivity index (χ4v) is 3.21. The second-order valence-corrected chi connectivity index (χ2v) is 7.03. The van der Waals surface area contributed by atoms with E-state index in [1.807, 2.05) is 6.08 Å². The van der Waals surface area contributed by atoms with Gasteiger partial charge in [-0.2, -0.15) is 0 Å². The number of hydrogen-bond acceptors (Lipinski definition) is 4. The molecule has 0 spiro atoms. The predicted molar refractivity (Wildman–Crippen MR) is 102 cm³/mol. The highest BCUT2D eigenvalue weighted by molar-refractivity contribution is 5.91. The maximum Gasteiger partial charge on any atom is 0.155 e. The Bertz CT molecular complexity index is 365. The van der Waals surface area contributed by atoms with Crippen molar-refractivity contribution in [3.05, 3.63) is 11.6 Å². The first-order valence-electron chi connectivity index (χ1n) is 10.2. The molecular formula is C21H38O4. The second-order valence-electron chi connectivity index (χ2n) is 7.03. The van der Waals surface area contributed by atoms with Gasteiger partial charge < -0.3 is 14.2 Å². The molecule has 0 aromatic carbocycles. The molecule has 0 bridgehead atoms. The van der Waals surface area contributed by atoms with Crippen LogP contribution in [-0.4, -0.2) is 39.0 Å². The third-order valence-corrected chi connectivity index (χ3v) is 4.77. The molecule has 0 saturated carbocycles. The van der Waals surface area contributed by atoms with Gasteiger partial charge in [0.25, 0.3) is 0 Å². The Kier molecular flexibility index (Phi) is 13.9. The molecule has 0 aromatic rings. The summed E-state index contributed by atoms with van der Waals surface area (Å²) >= 11 is 0. The van der Waals surface area contributed by atoms with Crippen LogP contribution < -0.4 is 0 Å². The Morgan fingerprint density at radius 3 is 2.60 bits per heavy atom. The van der Waals surface area contributed by atoms with E-state index in [9.17, 15) is 4.79 Å². The number of unbranched alkanes of at least 4 members (excludes halogenated alkanes) is 5. The first-order valence-corrected chi connectivity index (χ1v) is 10.2. The van der Waals surface area contributed by atoms with Crippen LogP contribution in [0.5, 0.6) is 0 Å². The van der Waals surface area contributed by atoms with E-state index in [4.69, 9.17) is 14.2 Å². The molecule has 0 unspecified atom stereocenters. The predicted octanol–water partition coefficient (Wildman–Crippen LogP) is 5.20. The van der Waals surface area contributed by atoms with Crippen molar-refractivity contribution in [1.29, 1.82) is 0 Å². The lowest BCUT2D eigenvalue weighted by Crippen LogP contribution is -2.17. The SMILES string of the molecule is CCCCCCCC[C@@H](CCC1=CC(=O)CCC1)OCOCCOC. The van der Waals surface area contributed by atoms with E-state index in [0.29, 0.717) is 26.4 Å². The van der Waals surface area contributed by atoms with E-state index in [0.717, 1.165) is 32.1 Å². The second kappa shape index (κ2) is 15.5. The molecule has 0 aliphatic heterocycles. The molecule has 1 aliphatic carbocycles. The van der Waals surface area contributed by atoms with Crippen molar-refractivity contribution in [2.45, 2.75) is 90.1 Å². The van der Waals surface area contributed by atoms with Crippen LogP contribution in [0.4, 0.5) is 0 Å². The van der Waals surface area contributed by atoms with E-state index in [1.54, 1.807) is 7.11 Å². The van der Waals surface area contributed by atoms with E-state index >= 15 is 0 Å². The van der Waals surface area contributed by atoms with Crippen molar-refractivity contribution in [2.24, 2.45) is 0 Å². The molecule has 0 saturated heterocycles. The van der Waals surface area contributed by atoms with Gasteiger partial charge in [0.05, 0.1) is 19.3 Å². The number of allylic oxidation sites excluding steroid dienone is 2. The van der Waals surface area contributed by atoms with Crippen LogP contribution in [0.2, 0.25) is 0 Å². The van der Waals surface area contributed by atoms with Gasteiger partial charge in [0.15, 0.2) is 5.78 Å². The Hall–Kier alpha value is -0.710. The summed E-state index contributed by atoms with van der Waals surface area (Å²) in [5, 5.41) is 0. The number of ketones is 1. The molecule has 0 heterocycles. The van der Waals surface area contributed by atoms with E-state index in [-0.39, 0.29) is 11.9 Å². The molecule has 146 valence electrons. The van der Waals surface area contributed by atoms with Gasteiger partial charge >= 0.3 is 0 Å². The first-order chi connectivity index (χ1) is 12.3. The average Bonchev–Trinajstić information content (AvgIpc) is 2.61. The van der Waals surface area contributed by atoms with Gasteiger partial charge in [-0.05, 0) is 38.2 Å². The van der Waals surface area contributed by atoms with Crippen LogP contribution in [0.25, 0.3) is 0 Å². The first kappa shape index (κ1) is 22.3. The van der Waals surface area contributed by atoms with Crippen LogP contribution in [0, 0.1) is 0 Å². The smallest absolute Gasteiger partial charge is 0.155 e. The van der Waals surface area contributed by atoms with Gasteiger partial charge in [-0.15, -0.1) is 0 Å². The normalized spacial score (nSPS) is 16.1. The summed E-state index contributed by atoms with van der Waals surface area (Å²) in [5.41, 5.74) is 1.30. The molecular weight excluding hydrogens is 316 g/mol. The van der Waals surface area contributed by atoms with Crippen LogP contribution in [0.15, 0.2) is 11.6 Å². The summed E-state index contributed by atoms with van der Waals surface area (Å²) in [4.78, 5) is 11.5. The molecule has 1 atom stereocenters. The molecule has 1 rings (SSSR count). The third kappa shape index (κ3) is 12.3. The minimum Gasteiger partial charge on any atom is -0.382 e. The van der Waals surface area contributed by atoms with Crippen molar-refractivity contribution < 1.29 is 19.0 Å². The van der Waals surface area contributed by atoms with Crippen molar-refractivity contribution in [3.8, 4) is 0 Å². The van der Waals surface area contributed by atoms with Gasteiger partial charge in [-0.3, -0.25) is 4.79 Å². The molecule has 4 nitrogen and oxygen atoms in total. The molecule has 0 amide bonds. The zero-order chi connectivity index (χ0) is 18.2. The molecule has 25 heavy (non-hydrogen) atoms. The molecule has 4 heteroatoms. The number of methoxy groups -OCH3 is 1. The largest absolute Gasteiger partial charge is 0.382 e. The lowest BCUT2D eigenvalue weighted by Gasteiger charge is -2.20. The number of carbonyl (C=O) groups excluding carboxylic acids is 1. The van der Waals surface area contributed by atoms with Crippen molar-refractivity contribution in [3.63, 3.8) is 0 Å². The van der Waals surface area contributed by atoms with Gasteiger partial charge in [0.2, 0.25) is 0 Å². The number of hydrogen-bond donors (Lipinski definition) is 0. The zero-order valence-electron chi connectivity index (χ0n) is 16.4. The van der Waals surface area contributed by atoms with E-state index in [1.165, 1.54) is 44.1 Å². The minimum atomic E-state index is 0.228. The van der Waals surface area contributed by atoms with Crippen molar-refractivity contribution >= 4 is 5.78 Å². The minimum absolute atomic E-state index is 0.228. The average molecular weight is 355 g/mol.